The minimum atomic E-state index is -0.0116. The normalized spacial score (nSPS) is 28.7. The number of imidazole rings is 1. The van der Waals surface area contributed by atoms with Crippen LogP contribution in [-0.2, 0) is 0 Å². The van der Waals surface area contributed by atoms with E-state index in [1.54, 1.807) is 6.20 Å². The molecule has 1 N–H and O–H groups in total. The third-order valence-corrected chi connectivity index (χ3v) is 4.62. The fraction of sp³-hybridized carbons (Fsp3) is 0.467. The number of nitrogens with one attached hydrogen (secondary N) is 1. The Balaban J connectivity index is 1.56. The van der Waals surface area contributed by atoms with Crippen molar-refractivity contribution in [2.75, 3.05) is 19.6 Å². The van der Waals surface area contributed by atoms with Crippen LogP contribution < -0.4 is 5.32 Å². The zero-order valence-electron chi connectivity index (χ0n) is 11.3. The van der Waals surface area contributed by atoms with E-state index < -0.39 is 0 Å². The molecule has 20 heavy (non-hydrogen) atoms. The van der Waals surface area contributed by atoms with Crippen LogP contribution in [0.4, 0.5) is 0 Å². The van der Waals surface area contributed by atoms with E-state index in [4.69, 9.17) is 0 Å². The topological polar surface area (TPSA) is 49.6 Å². The van der Waals surface area contributed by atoms with Crippen molar-refractivity contribution >= 4 is 11.6 Å². The molecule has 0 unspecified atom stereocenters. The molecule has 0 radical (unpaired) electrons. The lowest BCUT2D eigenvalue weighted by molar-refractivity contribution is 0.0617. The van der Waals surface area contributed by atoms with Crippen molar-refractivity contribution in [2.45, 2.75) is 18.9 Å². The molecule has 3 fully saturated rings. The third kappa shape index (κ3) is 1.89. The van der Waals surface area contributed by atoms with E-state index in [-0.39, 0.29) is 5.91 Å². The molecule has 5 heterocycles. The van der Waals surface area contributed by atoms with Gasteiger partial charge in [0.1, 0.15) is 11.3 Å². The lowest BCUT2D eigenvalue weighted by Crippen LogP contribution is -2.57. The lowest BCUT2D eigenvalue weighted by atomic mass is 9.84. The number of hydrogen-bond acceptors (Lipinski definition) is 3. The fourth-order valence-corrected chi connectivity index (χ4v) is 3.47. The van der Waals surface area contributed by atoms with Crippen LogP contribution >= 0.6 is 0 Å². The third-order valence-electron chi connectivity index (χ3n) is 4.62. The van der Waals surface area contributed by atoms with Crippen LogP contribution in [-0.4, -0.2) is 45.9 Å². The predicted octanol–water partition coefficient (Wildman–Crippen LogP) is 1.16. The number of aromatic nitrogens is 2. The Kier molecular flexibility index (Phi) is 2.73. The highest BCUT2D eigenvalue weighted by molar-refractivity contribution is 5.93. The monoisotopic (exact) mass is 270 g/mol. The van der Waals surface area contributed by atoms with Crippen molar-refractivity contribution in [2.24, 2.45) is 5.92 Å². The summed E-state index contributed by atoms with van der Waals surface area (Å²) in [6, 6.07) is 6.04. The fourth-order valence-electron chi connectivity index (χ4n) is 3.47. The van der Waals surface area contributed by atoms with E-state index in [0.717, 1.165) is 12.2 Å². The van der Waals surface area contributed by atoms with Crippen LogP contribution in [0, 0.1) is 5.92 Å². The molecule has 3 saturated heterocycles. The molecule has 0 aromatic carbocycles. The maximum Gasteiger partial charge on any atom is 0.270 e. The zero-order valence-corrected chi connectivity index (χ0v) is 11.3. The van der Waals surface area contributed by atoms with Crippen molar-refractivity contribution in [3.63, 3.8) is 0 Å². The van der Waals surface area contributed by atoms with Gasteiger partial charge in [0.05, 0.1) is 6.20 Å². The number of piperidine rings is 3. The molecule has 1 amide bonds. The van der Waals surface area contributed by atoms with Crippen molar-refractivity contribution in [1.82, 2.24) is 19.6 Å². The molecule has 0 aliphatic carbocycles. The smallest absolute Gasteiger partial charge is 0.270 e. The van der Waals surface area contributed by atoms with Crippen LogP contribution in [0.25, 0.3) is 5.65 Å². The van der Waals surface area contributed by atoms with E-state index in [1.165, 1.54) is 25.9 Å². The standard InChI is InChI=1S/C15H18N4O/c20-15(13-9-16-14-3-1-2-6-19(13)14)17-12-10-18-7-4-11(12)5-8-18/h1-3,6,9,11-12H,4-5,7-8,10H2,(H,17,20)/t12-/m0/s1. The molecule has 5 nitrogen and oxygen atoms in total. The van der Waals surface area contributed by atoms with E-state index in [9.17, 15) is 4.79 Å². The Hall–Kier alpha value is -1.88. The van der Waals surface area contributed by atoms with E-state index in [2.05, 4.69) is 15.2 Å². The number of rotatable bonds is 2. The first-order valence-electron chi connectivity index (χ1n) is 7.26. The number of carbonyl (C=O) groups excluding carboxylic acids is 1. The molecule has 5 rings (SSSR count). The van der Waals surface area contributed by atoms with Crippen LogP contribution in [0.5, 0.6) is 0 Å². The molecular weight excluding hydrogens is 252 g/mol. The second-order valence-corrected chi connectivity index (χ2v) is 5.79. The summed E-state index contributed by atoms with van der Waals surface area (Å²) in [4.78, 5) is 19.2. The molecule has 1 atom stereocenters. The second kappa shape index (κ2) is 4.59. The molecule has 5 heteroatoms. The van der Waals surface area contributed by atoms with Gasteiger partial charge in [0.15, 0.2) is 0 Å². The Morgan fingerprint density at radius 3 is 2.90 bits per heavy atom. The van der Waals surface area contributed by atoms with Gasteiger partial charge < -0.3 is 10.2 Å². The quantitative estimate of drug-likeness (QED) is 0.891. The highest BCUT2D eigenvalue weighted by atomic mass is 16.2. The summed E-state index contributed by atoms with van der Waals surface area (Å²) in [5.74, 6) is 0.630. The van der Waals surface area contributed by atoms with Crippen LogP contribution in [0.15, 0.2) is 30.6 Å². The SMILES string of the molecule is O=C(N[C@H]1CN2CCC1CC2)c1cnc2ccccn12. The molecule has 2 bridgehead atoms. The molecule has 0 spiro atoms. The van der Waals surface area contributed by atoms with E-state index in [1.807, 2.05) is 28.8 Å². The summed E-state index contributed by atoms with van der Waals surface area (Å²) in [7, 11) is 0. The first kappa shape index (κ1) is 11.9. The van der Waals surface area contributed by atoms with Gasteiger partial charge in [-0.05, 0) is 44.0 Å². The average molecular weight is 270 g/mol. The number of hydrogen-bond donors (Lipinski definition) is 1. The molecule has 3 aliphatic rings. The van der Waals surface area contributed by atoms with Gasteiger partial charge >= 0.3 is 0 Å². The Morgan fingerprint density at radius 2 is 2.15 bits per heavy atom. The zero-order chi connectivity index (χ0) is 13.5. The first-order valence-corrected chi connectivity index (χ1v) is 7.26. The minimum Gasteiger partial charge on any atom is -0.346 e. The van der Waals surface area contributed by atoms with Gasteiger partial charge in [0.25, 0.3) is 5.91 Å². The largest absolute Gasteiger partial charge is 0.346 e. The minimum absolute atomic E-state index is 0.0116. The van der Waals surface area contributed by atoms with Gasteiger partial charge in [-0.1, -0.05) is 6.07 Å². The number of pyridine rings is 1. The number of nitrogens with zero attached hydrogens (tertiary/aromatic N) is 3. The summed E-state index contributed by atoms with van der Waals surface area (Å²) in [6.45, 7) is 3.37. The van der Waals surface area contributed by atoms with Crippen molar-refractivity contribution in [3.8, 4) is 0 Å². The molecule has 2 aromatic rings. The molecule has 2 aromatic heterocycles. The van der Waals surface area contributed by atoms with Crippen molar-refractivity contribution in [3.05, 3.63) is 36.3 Å². The molecule has 104 valence electrons. The summed E-state index contributed by atoms with van der Waals surface area (Å²) in [6.07, 6.45) is 5.95. The Labute approximate surface area is 117 Å². The van der Waals surface area contributed by atoms with Gasteiger partial charge in [-0.15, -0.1) is 0 Å². The van der Waals surface area contributed by atoms with Gasteiger partial charge in [0.2, 0.25) is 0 Å². The number of fused-ring (bicyclic) bond motifs is 4. The van der Waals surface area contributed by atoms with Crippen molar-refractivity contribution in [1.29, 1.82) is 0 Å². The Bertz CT molecular complexity index is 642. The summed E-state index contributed by atoms with van der Waals surface area (Å²) >= 11 is 0. The Morgan fingerprint density at radius 1 is 1.30 bits per heavy atom. The highest BCUT2D eigenvalue weighted by Gasteiger charge is 2.35. The molecule has 0 saturated carbocycles. The molecule has 3 aliphatic heterocycles. The van der Waals surface area contributed by atoms with Gasteiger partial charge in [-0.3, -0.25) is 9.20 Å². The van der Waals surface area contributed by atoms with Crippen molar-refractivity contribution < 1.29 is 4.79 Å². The van der Waals surface area contributed by atoms with Crippen LogP contribution in [0.2, 0.25) is 0 Å². The van der Waals surface area contributed by atoms with Gasteiger partial charge in [-0.25, -0.2) is 4.98 Å². The molecular formula is C15H18N4O. The number of amides is 1. The van der Waals surface area contributed by atoms with Crippen LogP contribution in [0.3, 0.4) is 0 Å². The second-order valence-electron chi connectivity index (χ2n) is 5.79. The average Bonchev–Trinajstić information content (AvgIpc) is 2.92. The predicted molar refractivity (Wildman–Crippen MR) is 75.6 cm³/mol. The van der Waals surface area contributed by atoms with Gasteiger partial charge in [0, 0.05) is 18.8 Å². The van der Waals surface area contributed by atoms with E-state index in [0.29, 0.717) is 17.7 Å². The maximum atomic E-state index is 12.5. The number of carbonyl (C=O) groups is 1. The van der Waals surface area contributed by atoms with Crippen LogP contribution in [0.1, 0.15) is 23.3 Å². The summed E-state index contributed by atoms with van der Waals surface area (Å²) < 4.78 is 1.84. The summed E-state index contributed by atoms with van der Waals surface area (Å²) in [5, 5.41) is 3.20. The highest BCUT2D eigenvalue weighted by Crippen LogP contribution is 2.27. The van der Waals surface area contributed by atoms with E-state index >= 15 is 0 Å². The lowest BCUT2D eigenvalue weighted by Gasteiger charge is -2.44. The first-order chi connectivity index (χ1) is 9.81. The summed E-state index contributed by atoms with van der Waals surface area (Å²) in [5.41, 5.74) is 1.43. The maximum absolute atomic E-state index is 12.5. The van der Waals surface area contributed by atoms with Gasteiger partial charge in [-0.2, -0.15) is 0 Å².